The van der Waals surface area contributed by atoms with Gasteiger partial charge in [-0.25, -0.2) is 9.78 Å². The van der Waals surface area contributed by atoms with Crippen LogP contribution in [0, 0.1) is 21.4 Å². The minimum Gasteiger partial charge on any atom is -0.322 e. The molecule has 2 atom stereocenters. The molecule has 9 nitrogen and oxygen atoms in total. The molecule has 1 aliphatic heterocycles. The molecule has 0 radical (unpaired) electrons. The van der Waals surface area contributed by atoms with Gasteiger partial charge in [-0.2, -0.15) is 5.26 Å². The number of thiazole rings is 1. The van der Waals surface area contributed by atoms with E-state index in [4.69, 9.17) is 0 Å². The third-order valence-electron chi connectivity index (χ3n) is 4.43. The molecule has 2 amide bonds. The molecule has 1 saturated heterocycles. The van der Waals surface area contributed by atoms with E-state index < -0.39 is 10.8 Å². The van der Waals surface area contributed by atoms with E-state index in [1.54, 1.807) is 13.0 Å². The minimum atomic E-state index is -0.658. The van der Waals surface area contributed by atoms with E-state index in [1.165, 1.54) is 22.3 Å². The molecule has 3 rings (SSSR count). The molecule has 0 saturated carbocycles. The molecular formula is C16H18N6O3S. The Bertz CT molecular complexity index is 921. The molecule has 2 aromatic rings. The summed E-state index contributed by atoms with van der Waals surface area (Å²) in [6.45, 7) is 3.98. The van der Waals surface area contributed by atoms with Crippen LogP contribution in [0.4, 0.5) is 15.6 Å². The molecular weight excluding hydrogens is 356 g/mol. The maximum Gasteiger partial charge on any atom is 0.326 e. The van der Waals surface area contributed by atoms with Crippen LogP contribution in [0.5, 0.6) is 0 Å². The number of hydrogen-bond donors (Lipinski definition) is 1. The number of nitriles is 1. The minimum absolute atomic E-state index is 0.0385. The van der Waals surface area contributed by atoms with Crippen LogP contribution in [0.15, 0.2) is 12.1 Å². The molecule has 1 aliphatic rings. The smallest absolute Gasteiger partial charge is 0.322 e. The Hall–Kier alpha value is -2.77. The number of nitro groups is 1. The van der Waals surface area contributed by atoms with E-state index in [2.05, 4.69) is 16.4 Å². The molecule has 26 heavy (non-hydrogen) atoms. The average Bonchev–Trinajstić information content (AvgIpc) is 3.05. The maximum atomic E-state index is 12.4. The zero-order valence-corrected chi connectivity index (χ0v) is 15.4. The van der Waals surface area contributed by atoms with E-state index in [0.29, 0.717) is 27.6 Å². The summed E-state index contributed by atoms with van der Waals surface area (Å²) in [5, 5.41) is 24.0. The Balaban J connectivity index is 2.09. The first-order valence-corrected chi connectivity index (χ1v) is 8.94. The average molecular weight is 374 g/mol. The Kier molecular flexibility index (Phi) is 4.76. The molecule has 1 aromatic carbocycles. The number of rotatable bonds is 4. The summed E-state index contributed by atoms with van der Waals surface area (Å²) in [7, 11) is 1.90. The van der Waals surface area contributed by atoms with Crippen LogP contribution in [-0.2, 0) is 0 Å². The fourth-order valence-electron chi connectivity index (χ4n) is 3.03. The van der Waals surface area contributed by atoms with Gasteiger partial charge in [0.25, 0.3) is 5.69 Å². The zero-order chi connectivity index (χ0) is 19.0. The van der Waals surface area contributed by atoms with Crippen molar-refractivity contribution in [3.8, 4) is 6.07 Å². The molecule has 1 fully saturated rings. The monoisotopic (exact) mass is 374 g/mol. The molecule has 2 heterocycles. The molecule has 136 valence electrons. The van der Waals surface area contributed by atoms with Crippen molar-refractivity contribution in [1.29, 1.82) is 5.26 Å². The Morgan fingerprint density at radius 1 is 1.58 bits per heavy atom. The second-order valence-corrected chi connectivity index (χ2v) is 7.13. The van der Waals surface area contributed by atoms with Crippen molar-refractivity contribution in [2.75, 3.05) is 18.6 Å². The van der Waals surface area contributed by atoms with Crippen molar-refractivity contribution in [2.24, 2.45) is 0 Å². The quantitative estimate of drug-likeness (QED) is 0.650. The predicted octanol–water partition coefficient (Wildman–Crippen LogP) is 2.99. The van der Waals surface area contributed by atoms with Gasteiger partial charge in [0.2, 0.25) is 0 Å². The summed E-state index contributed by atoms with van der Waals surface area (Å²) in [4.78, 5) is 31.3. The van der Waals surface area contributed by atoms with Crippen molar-refractivity contribution in [3.63, 3.8) is 0 Å². The van der Waals surface area contributed by atoms with Gasteiger partial charge in [-0.15, -0.1) is 0 Å². The standard InChI is InChI=1S/C16H18N6O3S/c1-4-12-19-15(23)21(8-20(12)3)16-18-10-5-6-11(22(24)25)13(9(2)7-17)14(10)26-16/h5-6,9,12H,4,8H2,1-3H3,(H,19,23). The highest BCUT2D eigenvalue weighted by Crippen LogP contribution is 2.39. The lowest BCUT2D eigenvalue weighted by atomic mass is 10.0. The fourth-order valence-corrected chi connectivity index (χ4v) is 4.21. The van der Waals surface area contributed by atoms with Gasteiger partial charge in [0.05, 0.1) is 45.5 Å². The maximum absolute atomic E-state index is 12.4. The summed E-state index contributed by atoms with van der Waals surface area (Å²) < 4.78 is 0.566. The molecule has 10 heteroatoms. The van der Waals surface area contributed by atoms with Gasteiger partial charge in [-0.1, -0.05) is 18.3 Å². The normalized spacial score (nSPS) is 19.2. The number of carbonyl (C=O) groups excluding carboxylic acids is 1. The number of amides is 2. The van der Waals surface area contributed by atoms with Gasteiger partial charge in [0.1, 0.15) is 0 Å². The van der Waals surface area contributed by atoms with Crippen molar-refractivity contribution in [2.45, 2.75) is 32.4 Å². The van der Waals surface area contributed by atoms with Crippen LogP contribution >= 0.6 is 11.3 Å². The van der Waals surface area contributed by atoms with Gasteiger partial charge >= 0.3 is 6.03 Å². The van der Waals surface area contributed by atoms with E-state index in [0.717, 1.165) is 6.42 Å². The second kappa shape index (κ2) is 6.86. The topological polar surface area (TPSA) is 115 Å². The summed E-state index contributed by atoms with van der Waals surface area (Å²) in [5.74, 6) is -0.658. The number of anilines is 1. The van der Waals surface area contributed by atoms with Crippen molar-refractivity contribution in [1.82, 2.24) is 15.2 Å². The first-order chi connectivity index (χ1) is 12.4. The third kappa shape index (κ3) is 2.95. The Labute approximate surface area is 154 Å². The highest BCUT2D eigenvalue weighted by molar-refractivity contribution is 7.22. The van der Waals surface area contributed by atoms with Crippen molar-refractivity contribution >= 4 is 38.4 Å². The largest absolute Gasteiger partial charge is 0.326 e. The van der Waals surface area contributed by atoms with E-state index in [9.17, 15) is 20.2 Å². The SMILES string of the molecule is CCC1NC(=O)N(c2nc3ccc([N+](=O)[O-])c(C(C)C#N)c3s2)CN1C. The number of benzene rings is 1. The number of fused-ring (bicyclic) bond motifs is 1. The number of urea groups is 1. The van der Waals surface area contributed by atoms with Crippen molar-refractivity contribution in [3.05, 3.63) is 27.8 Å². The fraction of sp³-hybridized carbons (Fsp3) is 0.438. The first kappa shape index (κ1) is 18.0. The van der Waals surface area contributed by atoms with Crippen LogP contribution in [0.2, 0.25) is 0 Å². The van der Waals surface area contributed by atoms with Crippen LogP contribution < -0.4 is 10.2 Å². The highest BCUT2D eigenvalue weighted by Gasteiger charge is 2.32. The lowest BCUT2D eigenvalue weighted by molar-refractivity contribution is -0.385. The summed E-state index contributed by atoms with van der Waals surface area (Å²) in [6.07, 6.45) is 0.745. The lowest BCUT2D eigenvalue weighted by Crippen LogP contribution is -2.60. The van der Waals surface area contributed by atoms with Gasteiger partial charge in [-0.05, 0) is 26.5 Å². The molecule has 0 bridgehead atoms. The lowest BCUT2D eigenvalue weighted by Gasteiger charge is -2.38. The number of aromatic nitrogens is 1. The molecule has 1 N–H and O–H groups in total. The third-order valence-corrected chi connectivity index (χ3v) is 5.56. The number of nitro benzene ring substituents is 1. The van der Waals surface area contributed by atoms with Crippen LogP contribution in [-0.4, -0.2) is 40.7 Å². The summed E-state index contributed by atoms with van der Waals surface area (Å²) in [6, 6.07) is 4.73. The first-order valence-electron chi connectivity index (χ1n) is 8.13. The summed E-state index contributed by atoms with van der Waals surface area (Å²) >= 11 is 1.19. The molecule has 0 spiro atoms. The van der Waals surface area contributed by atoms with Gasteiger partial charge in [0.15, 0.2) is 5.13 Å². The van der Waals surface area contributed by atoms with E-state index in [1.807, 2.05) is 18.9 Å². The highest BCUT2D eigenvalue weighted by atomic mass is 32.1. The molecule has 0 aliphatic carbocycles. The van der Waals surface area contributed by atoms with Crippen LogP contribution in [0.25, 0.3) is 10.2 Å². The van der Waals surface area contributed by atoms with Gasteiger partial charge in [0, 0.05) is 6.07 Å². The Morgan fingerprint density at radius 2 is 2.31 bits per heavy atom. The molecule has 1 aromatic heterocycles. The number of hydrogen-bond acceptors (Lipinski definition) is 7. The number of nitrogens with zero attached hydrogens (tertiary/aromatic N) is 5. The predicted molar refractivity (Wildman–Crippen MR) is 98.0 cm³/mol. The van der Waals surface area contributed by atoms with Crippen LogP contribution in [0.3, 0.4) is 0 Å². The molecule has 2 unspecified atom stereocenters. The van der Waals surface area contributed by atoms with E-state index in [-0.39, 0.29) is 17.9 Å². The van der Waals surface area contributed by atoms with Gasteiger partial charge < -0.3 is 5.32 Å². The second-order valence-electron chi connectivity index (χ2n) is 6.15. The number of carbonyl (C=O) groups is 1. The van der Waals surface area contributed by atoms with Crippen molar-refractivity contribution < 1.29 is 9.72 Å². The zero-order valence-electron chi connectivity index (χ0n) is 14.6. The number of nitrogens with one attached hydrogen (secondary N) is 1. The Morgan fingerprint density at radius 3 is 2.92 bits per heavy atom. The van der Waals surface area contributed by atoms with Crippen LogP contribution in [0.1, 0.15) is 31.7 Å². The van der Waals surface area contributed by atoms with Gasteiger partial charge in [-0.3, -0.25) is 19.9 Å². The summed E-state index contributed by atoms with van der Waals surface area (Å²) in [5.41, 5.74) is 0.782. The van der Waals surface area contributed by atoms with E-state index >= 15 is 0 Å².